The molecule has 2 aromatic heterocycles. The first kappa shape index (κ1) is 19.8. The zero-order valence-corrected chi connectivity index (χ0v) is 17.4. The van der Waals surface area contributed by atoms with Crippen molar-refractivity contribution in [1.29, 1.82) is 5.26 Å². The molecule has 156 valence electrons. The number of carbonyl (C=O) groups is 1. The SMILES string of the molecule is Cc1cc(Nc2ncnc(N)c2C#N)c(=O)n2c1C(=O)NC21CCCN(C)C1(C)C. The van der Waals surface area contributed by atoms with E-state index in [1.165, 1.54) is 6.33 Å². The number of carbonyl (C=O) groups excluding carboxylic acids is 1. The van der Waals surface area contributed by atoms with Crippen LogP contribution in [-0.4, -0.2) is 44.5 Å². The molecule has 0 bridgehead atoms. The Balaban J connectivity index is 1.93. The molecule has 0 radical (unpaired) electrons. The summed E-state index contributed by atoms with van der Waals surface area (Å²) in [6, 6.07) is 3.56. The second kappa shape index (κ2) is 6.53. The van der Waals surface area contributed by atoms with Gasteiger partial charge < -0.3 is 16.4 Å². The minimum absolute atomic E-state index is 0.0244. The molecule has 4 rings (SSSR count). The smallest absolute Gasteiger partial charge is 0.276 e. The van der Waals surface area contributed by atoms with Crippen molar-refractivity contribution in [3.05, 3.63) is 39.6 Å². The van der Waals surface area contributed by atoms with Gasteiger partial charge in [0.05, 0.1) is 5.54 Å². The van der Waals surface area contributed by atoms with E-state index in [4.69, 9.17) is 5.73 Å². The van der Waals surface area contributed by atoms with Crippen LogP contribution in [0.2, 0.25) is 0 Å². The van der Waals surface area contributed by atoms with Crippen molar-refractivity contribution in [1.82, 2.24) is 24.8 Å². The Morgan fingerprint density at radius 2 is 2.07 bits per heavy atom. The lowest BCUT2D eigenvalue weighted by molar-refractivity contribution is -0.0372. The van der Waals surface area contributed by atoms with Crippen LogP contribution in [0.3, 0.4) is 0 Å². The topological polar surface area (TPSA) is 142 Å². The molecule has 1 atom stereocenters. The van der Waals surface area contributed by atoms with E-state index >= 15 is 0 Å². The molecule has 2 aliphatic rings. The summed E-state index contributed by atoms with van der Waals surface area (Å²) in [5, 5.41) is 15.4. The van der Waals surface area contributed by atoms with Gasteiger partial charge in [-0.25, -0.2) is 9.97 Å². The maximum absolute atomic E-state index is 13.6. The third-order valence-electron chi connectivity index (χ3n) is 6.55. The number of nitriles is 1. The van der Waals surface area contributed by atoms with Gasteiger partial charge in [0.1, 0.15) is 40.8 Å². The number of nitrogen functional groups attached to an aromatic ring is 1. The number of aryl methyl sites for hydroxylation is 1. The van der Waals surface area contributed by atoms with Crippen molar-refractivity contribution >= 4 is 23.2 Å². The summed E-state index contributed by atoms with van der Waals surface area (Å²) >= 11 is 0. The molecule has 10 heteroatoms. The largest absolute Gasteiger partial charge is 0.382 e. The predicted octanol–water partition coefficient (Wildman–Crippen LogP) is 1.04. The van der Waals surface area contributed by atoms with Crippen LogP contribution in [0, 0.1) is 18.3 Å². The molecule has 1 saturated heterocycles. The Kier molecular flexibility index (Phi) is 4.32. The lowest BCUT2D eigenvalue weighted by atomic mass is 9.79. The van der Waals surface area contributed by atoms with Gasteiger partial charge in [0.15, 0.2) is 5.82 Å². The highest BCUT2D eigenvalue weighted by molar-refractivity contribution is 5.97. The van der Waals surface area contributed by atoms with Gasteiger partial charge in [0, 0.05) is 0 Å². The molecule has 2 aliphatic heterocycles. The third kappa shape index (κ3) is 2.52. The number of anilines is 3. The number of hydrogen-bond acceptors (Lipinski definition) is 8. The molecule has 1 spiro atoms. The van der Waals surface area contributed by atoms with E-state index in [0.29, 0.717) is 17.7 Å². The van der Waals surface area contributed by atoms with E-state index in [0.717, 1.165) is 13.0 Å². The van der Waals surface area contributed by atoms with Gasteiger partial charge >= 0.3 is 0 Å². The van der Waals surface area contributed by atoms with Crippen LogP contribution in [0.4, 0.5) is 17.3 Å². The van der Waals surface area contributed by atoms with Crippen molar-refractivity contribution < 1.29 is 4.79 Å². The highest BCUT2D eigenvalue weighted by Gasteiger charge is 2.57. The lowest BCUT2D eigenvalue weighted by Gasteiger charge is -2.53. The monoisotopic (exact) mass is 408 g/mol. The Morgan fingerprint density at radius 1 is 1.33 bits per heavy atom. The van der Waals surface area contributed by atoms with Crippen molar-refractivity contribution in [3.63, 3.8) is 0 Å². The van der Waals surface area contributed by atoms with E-state index in [1.54, 1.807) is 17.6 Å². The molecule has 0 aliphatic carbocycles. The number of likely N-dealkylation sites (N-methyl/N-ethyl adjacent to an activating group) is 1. The molecule has 0 aromatic carbocycles. The number of piperidine rings is 1. The van der Waals surface area contributed by atoms with E-state index in [9.17, 15) is 14.9 Å². The molecule has 30 heavy (non-hydrogen) atoms. The van der Waals surface area contributed by atoms with E-state index in [-0.39, 0.29) is 34.4 Å². The average molecular weight is 408 g/mol. The summed E-state index contributed by atoms with van der Waals surface area (Å²) in [5.41, 5.74) is 5.30. The standard InChI is InChI=1S/C20H24N8O2/c1-11-8-13(25-16-12(9-21)15(22)23-10-24-16)18(30)28-14(11)17(29)26-20(28)6-5-7-27(4)19(20,2)3/h8,10H,5-7H2,1-4H3,(H,26,29)(H3,22,23,24,25). The summed E-state index contributed by atoms with van der Waals surface area (Å²) in [7, 11) is 1.99. The van der Waals surface area contributed by atoms with Gasteiger partial charge in [0.25, 0.3) is 11.5 Å². The first-order chi connectivity index (χ1) is 14.1. The van der Waals surface area contributed by atoms with Crippen LogP contribution in [0.5, 0.6) is 0 Å². The molecule has 1 amide bonds. The third-order valence-corrected chi connectivity index (χ3v) is 6.55. The fourth-order valence-corrected chi connectivity index (χ4v) is 4.59. The minimum Gasteiger partial charge on any atom is -0.382 e. The summed E-state index contributed by atoms with van der Waals surface area (Å²) in [4.78, 5) is 36.6. The van der Waals surface area contributed by atoms with E-state index < -0.39 is 11.2 Å². The number of rotatable bonds is 2. The second-order valence-electron chi connectivity index (χ2n) is 8.35. The van der Waals surface area contributed by atoms with Crippen LogP contribution in [0.1, 0.15) is 48.3 Å². The first-order valence-corrected chi connectivity index (χ1v) is 9.72. The fourth-order valence-electron chi connectivity index (χ4n) is 4.59. The number of aromatic nitrogens is 3. The Morgan fingerprint density at radius 3 is 2.77 bits per heavy atom. The number of pyridine rings is 1. The quantitative estimate of drug-likeness (QED) is 0.669. The lowest BCUT2D eigenvalue weighted by Crippen LogP contribution is -2.69. The first-order valence-electron chi connectivity index (χ1n) is 9.72. The number of nitrogens with two attached hydrogens (primary N) is 1. The zero-order valence-electron chi connectivity index (χ0n) is 17.4. The number of hydrogen-bond donors (Lipinski definition) is 3. The van der Waals surface area contributed by atoms with Crippen molar-refractivity contribution in [3.8, 4) is 6.07 Å². The summed E-state index contributed by atoms with van der Waals surface area (Å²) in [6.45, 7) is 6.72. The van der Waals surface area contributed by atoms with Crippen LogP contribution >= 0.6 is 0 Å². The summed E-state index contributed by atoms with van der Waals surface area (Å²) in [6.07, 6.45) is 2.70. The fraction of sp³-hybridized carbons (Fsp3) is 0.450. The molecule has 1 fully saturated rings. The van der Waals surface area contributed by atoms with Gasteiger partial charge in [-0.15, -0.1) is 0 Å². The van der Waals surface area contributed by atoms with Crippen LogP contribution < -0.4 is 21.9 Å². The summed E-state index contributed by atoms with van der Waals surface area (Å²) < 4.78 is 1.58. The average Bonchev–Trinajstić information content (AvgIpc) is 2.99. The molecule has 1 unspecified atom stereocenters. The molecule has 4 N–H and O–H groups in total. The molecule has 0 saturated carbocycles. The normalized spacial score (nSPS) is 22.4. The maximum atomic E-state index is 13.6. The Hall–Kier alpha value is -3.45. The van der Waals surface area contributed by atoms with Crippen molar-refractivity contribution in [2.45, 2.75) is 44.8 Å². The van der Waals surface area contributed by atoms with Crippen molar-refractivity contribution in [2.75, 3.05) is 24.6 Å². The van der Waals surface area contributed by atoms with Crippen LogP contribution in [0.25, 0.3) is 0 Å². The van der Waals surface area contributed by atoms with Gasteiger partial charge in [-0.2, -0.15) is 5.26 Å². The molecular weight excluding hydrogens is 384 g/mol. The van der Waals surface area contributed by atoms with E-state index in [2.05, 4.69) is 25.5 Å². The number of likely N-dealkylation sites (tertiary alicyclic amines) is 1. The predicted molar refractivity (Wildman–Crippen MR) is 111 cm³/mol. The highest BCUT2D eigenvalue weighted by atomic mass is 16.2. The van der Waals surface area contributed by atoms with Gasteiger partial charge in [-0.05, 0) is 58.8 Å². The number of fused-ring (bicyclic) bond motifs is 2. The van der Waals surface area contributed by atoms with E-state index in [1.807, 2.05) is 27.0 Å². The van der Waals surface area contributed by atoms with Crippen molar-refractivity contribution in [2.24, 2.45) is 0 Å². The number of amides is 1. The number of nitrogens with zero attached hydrogens (tertiary/aromatic N) is 5. The zero-order chi connectivity index (χ0) is 21.8. The van der Waals surface area contributed by atoms with Gasteiger partial charge in [-0.1, -0.05) is 0 Å². The minimum atomic E-state index is -0.880. The summed E-state index contributed by atoms with van der Waals surface area (Å²) in [5.74, 6) is -0.0896. The van der Waals surface area contributed by atoms with Crippen LogP contribution in [-0.2, 0) is 5.66 Å². The highest BCUT2D eigenvalue weighted by Crippen LogP contribution is 2.43. The number of nitrogens with one attached hydrogen (secondary N) is 2. The van der Waals surface area contributed by atoms with Crippen LogP contribution in [0.15, 0.2) is 17.2 Å². The van der Waals surface area contributed by atoms with Gasteiger partial charge in [0.2, 0.25) is 0 Å². The molecule has 4 heterocycles. The maximum Gasteiger partial charge on any atom is 0.276 e. The molecule has 2 aromatic rings. The Bertz CT molecular complexity index is 1160. The Labute approximate surface area is 173 Å². The molecular formula is C20H24N8O2. The van der Waals surface area contributed by atoms with Gasteiger partial charge in [-0.3, -0.25) is 19.1 Å². The second-order valence-corrected chi connectivity index (χ2v) is 8.35. The molecule has 10 nitrogen and oxygen atoms in total.